The molecule has 0 saturated carbocycles. The summed E-state index contributed by atoms with van der Waals surface area (Å²) in [5, 5.41) is 3.46. The third kappa shape index (κ3) is 7.60. The molecule has 29 heavy (non-hydrogen) atoms. The summed E-state index contributed by atoms with van der Waals surface area (Å²) in [6, 6.07) is 10.3. The molecule has 0 aliphatic carbocycles. The summed E-state index contributed by atoms with van der Waals surface area (Å²) in [5.41, 5.74) is 2.18. The van der Waals surface area contributed by atoms with Crippen LogP contribution in [0.2, 0.25) is 0 Å². The number of halogens is 1. The zero-order chi connectivity index (χ0) is 19.6. The topological polar surface area (TPSA) is 68.8 Å². The lowest BCUT2D eigenvalue weighted by molar-refractivity contribution is 0.0372. The van der Waals surface area contributed by atoms with Gasteiger partial charge >= 0.3 is 0 Å². The average Bonchev–Trinajstić information content (AvgIpc) is 3.20. The molecule has 8 heteroatoms. The van der Waals surface area contributed by atoms with Crippen LogP contribution in [-0.4, -0.2) is 79.2 Å². The molecule has 160 valence electrons. The lowest BCUT2D eigenvalue weighted by Crippen LogP contribution is -2.39. The van der Waals surface area contributed by atoms with Gasteiger partial charge in [-0.2, -0.15) is 0 Å². The maximum atomic E-state index is 5.39. The summed E-state index contributed by atoms with van der Waals surface area (Å²) in [5.74, 6) is 1.82. The molecular weight excluding hydrogens is 479 g/mol. The molecule has 1 aliphatic rings. The molecule has 0 unspecified atom stereocenters. The fraction of sp³-hybridized carbons (Fsp3) is 0.524. The van der Waals surface area contributed by atoms with Crippen molar-refractivity contribution in [2.24, 2.45) is 4.99 Å². The number of nitrogens with one attached hydrogen (secondary N) is 2. The van der Waals surface area contributed by atoms with E-state index in [1.165, 1.54) is 6.42 Å². The van der Waals surface area contributed by atoms with E-state index in [1.807, 2.05) is 38.5 Å². The first-order chi connectivity index (χ1) is 13.8. The van der Waals surface area contributed by atoms with Crippen LogP contribution in [0.4, 0.5) is 0 Å². The summed E-state index contributed by atoms with van der Waals surface area (Å²) in [6.07, 6.45) is 4.20. The minimum atomic E-state index is 0. The largest absolute Gasteiger partial charge is 0.379 e. The highest BCUT2D eigenvalue weighted by atomic mass is 127. The van der Waals surface area contributed by atoms with E-state index in [9.17, 15) is 0 Å². The summed E-state index contributed by atoms with van der Waals surface area (Å²) in [6.45, 7) is 6.62. The van der Waals surface area contributed by atoms with Crippen LogP contribution in [0, 0.1) is 0 Å². The van der Waals surface area contributed by atoms with Gasteiger partial charge in [-0.1, -0.05) is 30.3 Å². The number of H-pyrrole nitrogens is 1. The lowest BCUT2D eigenvalue weighted by atomic mass is 10.2. The maximum absolute atomic E-state index is 5.39. The molecule has 2 N–H and O–H groups in total. The summed E-state index contributed by atoms with van der Waals surface area (Å²) < 4.78 is 5.39. The molecule has 1 saturated heterocycles. The second-order valence-electron chi connectivity index (χ2n) is 7.10. The highest BCUT2D eigenvalue weighted by Gasteiger charge is 2.11. The molecule has 1 aliphatic heterocycles. The van der Waals surface area contributed by atoms with Gasteiger partial charge in [-0.25, -0.2) is 4.98 Å². The van der Waals surface area contributed by atoms with Crippen molar-refractivity contribution < 1.29 is 4.74 Å². The van der Waals surface area contributed by atoms with Crippen molar-refractivity contribution in [2.75, 3.05) is 53.5 Å². The highest BCUT2D eigenvalue weighted by molar-refractivity contribution is 14.0. The minimum Gasteiger partial charge on any atom is -0.379 e. The number of rotatable bonds is 8. The highest BCUT2D eigenvalue weighted by Crippen LogP contribution is 2.16. The van der Waals surface area contributed by atoms with Crippen molar-refractivity contribution in [3.05, 3.63) is 42.4 Å². The SMILES string of the molecule is CN=C(NCCCCN1CCOCC1)N(C)Cc1ncc(-c2ccccc2)[nH]1.I. The summed E-state index contributed by atoms with van der Waals surface area (Å²) in [4.78, 5) is 16.9. The number of hydrogen-bond acceptors (Lipinski definition) is 4. The zero-order valence-electron chi connectivity index (χ0n) is 17.4. The number of ether oxygens (including phenoxy) is 1. The van der Waals surface area contributed by atoms with Crippen molar-refractivity contribution in [1.29, 1.82) is 0 Å². The van der Waals surface area contributed by atoms with Gasteiger partial charge in [0.05, 0.1) is 31.6 Å². The van der Waals surface area contributed by atoms with E-state index in [2.05, 4.69) is 42.2 Å². The molecule has 0 radical (unpaired) electrons. The van der Waals surface area contributed by atoms with E-state index in [-0.39, 0.29) is 24.0 Å². The van der Waals surface area contributed by atoms with Crippen LogP contribution in [0.15, 0.2) is 41.5 Å². The molecular formula is C21H33IN6O. The van der Waals surface area contributed by atoms with Crippen molar-refractivity contribution >= 4 is 29.9 Å². The van der Waals surface area contributed by atoms with Crippen LogP contribution >= 0.6 is 24.0 Å². The molecule has 1 fully saturated rings. The Morgan fingerprint density at radius 1 is 1.24 bits per heavy atom. The minimum absolute atomic E-state index is 0. The number of aliphatic imine (C=N–C) groups is 1. The van der Waals surface area contributed by atoms with Gasteiger partial charge in [0.1, 0.15) is 5.82 Å². The Bertz CT molecular complexity index is 730. The smallest absolute Gasteiger partial charge is 0.193 e. The molecule has 7 nitrogen and oxygen atoms in total. The van der Waals surface area contributed by atoms with E-state index in [4.69, 9.17) is 4.74 Å². The van der Waals surface area contributed by atoms with E-state index in [1.54, 1.807) is 0 Å². The van der Waals surface area contributed by atoms with Gasteiger partial charge in [-0.3, -0.25) is 9.89 Å². The number of unbranched alkanes of at least 4 members (excludes halogenated alkanes) is 1. The Labute approximate surface area is 191 Å². The second-order valence-corrected chi connectivity index (χ2v) is 7.10. The standard InChI is InChI=1S/C21H32N6O.HI/c1-22-21(23-10-6-7-11-27-12-14-28-15-13-27)26(2)17-20-24-16-19(25-20)18-8-4-3-5-9-18;/h3-5,8-9,16H,6-7,10-15,17H2,1-2H3,(H,22,23)(H,24,25);1H. The number of morpholine rings is 1. The molecule has 0 spiro atoms. The molecule has 1 aromatic heterocycles. The average molecular weight is 512 g/mol. The number of hydrogen-bond donors (Lipinski definition) is 2. The predicted octanol–water partition coefficient (Wildman–Crippen LogP) is 2.81. The van der Waals surface area contributed by atoms with Crippen LogP contribution in [-0.2, 0) is 11.3 Å². The Morgan fingerprint density at radius 2 is 2.00 bits per heavy atom. The number of nitrogens with zero attached hydrogens (tertiary/aromatic N) is 4. The van der Waals surface area contributed by atoms with E-state index < -0.39 is 0 Å². The van der Waals surface area contributed by atoms with Crippen LogP contribution in [0.5, 0.6) is 0 Å². The first kappa shape index (κ1) is 23.6. The van der Waals surface area contributed by atoms with E-state index in [0.29, 0.717) is 6.54 Å². The Hall–Kier alpha value is -1.65. The Balaban J connectivity index is 0.00000300. The Kier molecular flexibility index (Phi) is 10.4. The maximum Gasteiger partial charge on any atom is 0.193 e. The molecule has 0 bridgehead atoms. The molecule has 0 amide bonds. The normalized spacial score (nSPS) is 15.0. The zero-order valence-corrected chi connectivity index (χ0v) is 19.8. The molecule has 2 heterocycles. The van der Waals surface area contributed by atoms with E-state index >= 15 is 0 Å². The number of aromatic amines is 1. The van der Waals surface area contributed by atoms with Gasteiger partial charge in [0.2, 0.25) is 0 Å². The fourth-order valence-corrected chi connectivity index (χ4v) is 3.38. The van der Waals surface area contributed by atoms with Gasteiger partial charge in [0.25, 0.3) is 0 Å². The van der Waals surface area contributed by atoms with Crippen molar-refractivity contribution in [3.63, 3.8) is 0 Å². The monoisotopic (exact) mass is 512 g/mol. The second kappa shape index (κ2) is 12.8. The third-order valence-corrected chi connectivity index (χ3v) is 4.96. The number of aromatic nitrogens is 2. The van der Waals surface area contributed by atoms with Gasteiger partial charge in [0.15, 0.2) is 5.96 Å². The van der Waals surface area contributed by atoms with Crippen molar-refractivity contribution in [2.45, 2.75) is 19.4 Å². The van der Waals surface area contributed by atoms with Crippen LogP contribution in [0.25, 0.3) is 11.3 Å². The fourth-order valence-electron chi connectivity index (χ4n) is 3.38. The molecule has 2 aromatic rings. The van der Waals surface area contributed by atoms with Crippen LogP contribution in [0.3, 0.4) is 0 Å². The van der Waals surface area contributed by atoms with Gasteiger partial charge in [-0.05, 0) is 24.9 Å². The summed E-state index contributed by atoms with van der Waals surface area (Å²) >= 11 is 0. The van der Waals surface area contributed by atoms with Gasteiger partial charge in [0, 0.05) is 33.7 Å². The molecule has 0 atom stereocenters. The number of imidazole rings is 1. The number of guanidine groups is 1. The van der Waals surface area contributed by atoms with Gasteiger partial charge < -0.3 is 19.9 Å². The van der Waals surface area contributed by atoms with Crippen LogP contribution < -0.4 is 5.32 Å². The molecule has 1 aromatic carbocycles. The third-order valence-electron chi connectivity index (χ3n) is 4.96. The van der Waals surface area contributed by atoms with Gasteiger partial charge in [-0.15, -0.1) is 24.0 Å². The summed E-state index contributed by atoms with van der Waals surface area (Å²) in [7, 11) is 3.86. The van der Waals surface area contributed by atoms with Crippen molar-refractivity contribution in [1.82, 2.24) is 25.1 Å². The quantitative estimate of drug-likeness (QED) is 0.247. The van der Waals surface area contributed by atoms with E-state index in [0.717, 1.165) is 68.9 Å². The number of benzene rings is 1. The first-order valence-electron chi connectivity index (χ1n) is 10.1. The predicted molar refractivity (Wildman–Crippen MR) is 129 cm³/mol. The first-order valence-corrected chi connectivity index (χ1v) is 10.1. The van der Waals surface area contributed by atoms with Crippen LogP contribution in [0.1, 0.15) is 18.7 Å². The Morgan fingerprint density at radius 3 is 2.72 bits per heavy atom. The molecule has 3 rings (SSSR count). The van der Waals surface area contributed by atoms with Crippen molar-refractivity contribution in [3.8, 4) is 11.3 Å². The lowest BCUT2D eigenvalue weighted by Gasteiger charge is -2.26.